The zero-order chi connectivity index (χ0) is 21.1. The van der Waals surface area contributed by atoms with Gasteiger partial charge >= 0.3 is 0 Å². The van der Waals surface area contributed by atoms with Gasteiger partial charge in [0.05, 0.1) is 4.90 Å². The Labute approximate surface area is 173 Å². The highest BCUT2D eigenvalue weighted by Crippen LogP contribution is 2.32. The van der Waals surface area contributed by atoms with E-state index in [1.54, 1.807) is 36.5 Å². The number of nitrogens with one attached hydrogen (secondary N) is 2. The molecular formula is C21H19N3O5S. The largest absolute Gasteiger partial charge is 0.486 e. The lowest BCUT2D eigenvalue weighted by Gasteiger charge is -2.19. The Hall–Kier alpha value is -3.59. The van der Waals surface area contributed by atoms with Crippen molar-refractivity contribution in [2.24, 2.45) is 0 Å². The minimum Gasteiger partial charge on any atom is -0.486 e. The molecule has 2 aromatic carbocycles. The van der Waals surface area contributed by atoms with Crippen molar-refractivity contribution in [2.45, 2.75) is 11.8 Å². The van der Waals surface area contributed by atoms with E-state index in [-0.39, 0.29) is 10.6 Å². The van der Waals surface area contributed by atoms with Gasteiger partial charge < -0.3 is 14.8 Å². The molecule has 8 nitrogen and oxygen atoms in total. The van der Waals surface area contributed by atoms with E-state index < -0.39 is 15.9 Å². The molecule has 0 unspecified atom stereocenters. The summed E-state index contributed by atoms with van der Waals surface area (Å²) in [6.45, 7) is 2.67. The van der Waals surface area contributed by atoms with Crippen LogP contribution in [0.5, 0.6) is 11.5 Å². The molecule has 2 N–H and O–H groups in total. The first-order valence-electron chi connectivity index (χ1n) is 9.17. The van der Waals surface area contributed by atoms with E-state index in [0.29, 0.717) is 36.1 Å². The summed E-state index contributed by atoms with van der Waals surface area (Å²) in [6, 6.07) is 14.2. The summed E-state index contributed by atoms with van der Waals surface area (Å²) < 4.78 is 38.9. The second-order valence-corrected chi connectivity index (χ2v) is 8.35. The van der Waals surface area contributed by atoms with Crippen LogP contribution < -0.4 is 19.5 Å². The average Bonchev–Trinajstić information content (AvgIpc) is 2.73. The van der Waals surface area contributed by atoms with E-state index in [1.807, 2.05) is 13.0 Å². The number of nitrogens with zero attached hydrogens (tertiary/aromatic N) is 1. The number of anilines is 2. The van der Waals surface area contributed by atoms with Gasteiger partial charge in [0.15, 0.2) is 11.5 Å². The Morgan fingerprint density at radius 1 is 1.00 bits per heavy atom. The molecule has 0 spiro atoms. The molecule has 154 valence electrons. The van der Waals surface area contributed by atoms with Crippen molar-refractivity contribution >= 4 is 27.4 Å². The van der Waals surface area contributed by atoms with Crippen LogP contribution in [0.3, 0.4) is 0 Å². The maximum Gasteiger partial charge on any atom is 0.262 e. The molecule has 3 aromatic rings. The summed E-state index contributed by atoms with van der Waals surface area (Å²) in [5.74, 6) is 0.905. The first-order chi connectivity index (χ1) is 14.4. The summed E-state index contributed by atoms with van der Waals surface area (Å²) in [5.41, 5.74) is 1.51. The molecule has 0 aliphatic carbocycles. The molecule has 1 aromatic heterocycles. The lowest BCUT2D eigenvalue weighted by atomic mass is 10.2. The molecule has 0 saturated heterocycles. The predicted octanol–water partition coefficient (Wildman–Crippen LogP) is 3.21. The van der Waals surface area contributed by atoms with Crippen LogP contribution in [0.2, 0.25) is 0 Å². The van der Waals surface area contributed by atoms with Crippen LogP contribution in [0.15, 0.2) is 65.7 Å². The number of aryl methyl sites for hydroxylation is 1. The minimum absolute atomic E-state index is 0.0329. The van der Waals surface area contributed by atoms with Gasteiger partial charge in [-0.05, 0) is 55.0 Å². The average molecular weight is 425 g/mol. The standard InChI is InChI=1S/C21H19N3O5S/c1-14-7-8-22-20(11-14)23-21(25)15-3-2-4-16(12-15)24-30(26,27)17-5-6-18-19(13-17)29-10-9-28-18/h2-8,11-13,24H,9-10H2,1H3,(H,22,23,25). The van der Waals surface area contributed by atoms with Crippen molar-refractivity contribution in [1.82, 2.24) is 4.98 Å². The third-order valence-electron chi connectivity index (χ3n) is 4.36. The van der Waals surface area contributed by atoms with Crippen molar-refractivity contribution in [3.63, 3.8) is 0 Å². The zero-order valence-electron chi connectivity index (χ0n) is 16.1. The third-order valence-corrected chi connectivity index (χ3v) is 5.74. The van der Waals surface area contributed by atoms with Crippen LogP contribution in [-0.4, -0.2) is 32.5 Å². The van der Waals surface area contributed by atoms with Crippen molar-refractivity contribution in [2.75, 3.05) is 23.3 Å². The summed E-state index contributed by atoms with van der Waals surface area (Å²) in [6.07, 6.45) is 1.60. The van der Waals surface area contributed by atoms with Gasteiger partial charge in [-0.3, -0.25) is 9.52 Å². The van der Waals surface area contributed by atoms with Crippen molar-refractivity contribution in [3.05, 3.63) is 71.9 Å². The second kappa shape index (κ2) is 8.03. The van der Waals surface area contributed by atoms with E-state index in [1.165, 1.54) is 18.2 Å². The van der Waals surface area contributed by atoms with Gasteiger partial charge in [0.25, 0.3) is 15.9 Å². The van der Waals surface area contributed by atoms with Crippen LogP contribution in [0.25, 0.3) is 0 Å². The van der Waals surface area contributed by atoms with Crippen LogP contribution in [-0.2, 0) is 10.0 Å². The number of benzene rings is 2. The Balaban J connectivity index is 1.53. The van der Waals surface area contributed by atoms with Crippen LogP contribution in [0.4, 0.5) is 11.5 Å². The van der Waals surface area contributed by atoms with E-state index in [0.717, 1.165) is 5.56 Å². The topological polar surface area (TPSA) is 107 Å². The molecule has 1 aliphatic rings. The number of ether oxygens (including phenoxy) is 2. The molecule has 30 heavy (non-hydrogen) atoms. The van der Waals surface area contributed by atoms with Crippen molar-refractivity contribution in [3.8, 4) is 11.5 Å². The maximum atomic E-state index is 12.8. The predicted molar refractivity (Wildman–Crippen MR) is 112 cm³/mol. The van der Waals surface area contributed by atoms with E-state index in [2.05, 4.69) is 15.0 Å². The second-order valence-electron chi connectivity index (χ2n) is 6.66. The quantitative estimate of drug-likeness (QED) is 0.650. The molecule has 0 fully saturated rings. The number of aromatic nitrogens is 1. The molecule has 1 aliphatic heterocycles. The van der Waals surface area contributed by atoms with E-state index in [9.17, 15) is 13.2 Å². The summed E-state index contributed by atoms with van der Waals surface area (Å²) >= 11 is 0. The summed E-state index contributed by atoms with van der Waals surface area (Å²) in [5, 5.41) is 2.70. The summed E-state index contributed by atoms with van der Waals surface area (Å²) in [4.78, 5) is 16.6. The number of amides is 1. The number of carbonyl (C=O) groups is 1. The first kappa shape index (κ1) is 19.7. The number of rotatable bonds is 5. The molecule has 0 saturated carbocycles. The van der Waals surface area contributed by atoms with Gasteiger partial charge in [-0.25, -0.2) is 13.4 Å². The van der Waals surface area contributed by atoms with Gasteiger partial charge in [0.1, 0.15) is 19.0 Å². The SMILES string of the molecule is Cc1ccnc(NC(=O)c2cccc(NS(=O)(=O)c3ccc4c(c3)OCCO4)c2)c1. The van der Waals surface area contributed by atoms with Crippen LogP contribution in [0.1, 0.15) is 15.9 Å². The number of hydrogen-bond donors (Lipinski definition) is 2. The molecule has 0 bridgehead atoms. The number of hydrogen-bond acceptors (Lipinski definition) is 6. The fraction of sp³-hybridized carbons (Fsp3) is 0.143. The fourth-order valence-corrected chi connectivity index (χ4v) is 3.99. The van der Waals surface area contributed by atoms with E-state index >= 15 is 0 Å². The molecule has 2 heterocycles. The Bertz CT molecular complexity index is 1210. The monoisotopic (exact) mass is 425 g/mol. The van der Waals surface area contributed by atoms with Gasteiger partial charge in [0.2, 0.25) is 0 Å². The minimum atomic E-state index is -3.88. The van der Waals surface area contributed by atoms with Crippen LogP contribution >= 0.6 is 0 Å². The van der Waals surface area contributed by atoms with E-state index in [4.69, 9.17) is 9.47 Å². The third kappa shape index (κ3) is 4.36. The maximum absolute atomic E-state index is 12.8. The highest BCUT2D eigenvalue weighted by atomic mass is 32.2. The molecule has 0 atom stereocenters. The number of pyridine rings is 1. The van der Waals surface area contributed by atoms with Crippen LogP contribution in [0, 0.1) is 6.92 Å². The van der Waals surface area contributed by atoms with Crippen molar-refractivity contribution in [1.29, 1.82) is 0 Å². The van der Waals surface area contributed by atoms with Gasteiger partial charge in [-0.2, -0.15) is 0 Å². The Morgan fingerprint density at radius 3 is 2.60 bits per heavy atom. The highest BCUT2D eigenvalue weighted by molar-refractivity contribution is 7.92. The lowest BCUT2D eigenvalue weighted by molar-refractivity contribution is 0.102. The highest BCUT2D eigenvalue weighted by Gasteiger charge is 2.20. The molecule has 4 rings (SSSR count). The smallest absolute Gasteiger partial charge is 0.262 e. The molecule has 1 amide bonds. The Kier molecular flexibility index (Phi) is 5.28. The van der Waals surface area contributed by atoms with Gasteiger partial charge in [0, 0.05) is 23.5 Å². The normalized spacial score (nSPS) is 12.8. The lowest BCUT2D eigenvalue weighted by Crippen LogP contribution is -2.18. The summed E-state index contributed by atoms with van der Waals surface area (Å²) in [7, 11) is -3.88. The zero-order valence-corrected chi connectivity index (χ0v) is 16.9. The van der Waals surface area contributed by atoms with Gasteiger partial charge in [-0.15, -0.1) is 0 Å². The molecule has 0 radical (unpaired) electrons. The number of fused-ring (bicyclic) bond motifs is 1. The Morgan fingerprint density at radius 2 is 1.80 bits per heavy atom. The number of carbonyl (C=O) groups excluding carboxylic acids is 1. The van der Waals surface area contributed by atoms with Gasteiger partial charge in [-0.1, -0.05) is 6.07 Å². The number of sulfonamides is 1. The molecule has 9 heteroatoms. The fourth-order valence-electron chi connectivity index (χ4n) is 2.92. The molecular weight excluding hydrogens is 406 g/mol. The first-order valence-corrected chi connectivity index (χ1v) is 10.7. The van der Waals surface area contributed by atoms with Crippen molar-refractivity contribution < 1.29 is 22.7 Å².